The second-order valence-electron chi connectivity index (χ2n) is 3.17. The van der Waals surface area contributed by atoms with E-state index in [0.717, 1.165) is 6.26 Å². The van der Waals surface area contributed by atoms with E-state index in [1.54, 1.807) is 6.92 Å². The van der Waals surface area contributed by atoms with Gasteiger partial charge in [-0.15, -0.1) is 0 Å². The van der Waals surface area contributed by atoms with E-state index in [1.807, 2.05) is 0 Å². The summed E-state index contributed by atoms with van der Waals surface area (Å²) >= 11 is 0. The lowest BCUT2D eigenvalue weighted by Gasteiger charge is -2.05. The van der Waals surface area contributed by atoms with Gasteiger partial charge in [0, 0.05) is 6.26 Å². The second kappa shape index (κ2) is 3.72. The number of aryl methyl sites for hydroxylation is 1. The molecule has 1 aromatic rings. The standard InChI is InChI=1S/C8H11BO4S/c1-6-5-7(9(10)11)3-4-8(6)14(2,12)13/h3-5,10-11H,1-2H3. The van der Waals surface area contributed by atoms with Crippen molar-refractivity contribution in [1.29, 1.82) is 0 Å². The summed E-state index contributed by atoms with van der Waals surface area (Å²) < 4.78 is 22.4. The number of sulfone groups is 1. The maximum absolute atomic E-state index is 11.2. The highest BCUT2D eigenvalue weighted by Gasteiger charge is 2.15. The Labute approximate surface area is 83.3 Å². The van der Waals surface area contributed by atoms with Crippen molar-refractivity contribution in [1.82, 2.24) is 0 Å². The fraction of sp³-hybridized carbons (Fsp3) is 0.250. The first-order chi connectivity index (χ1) is 6.32. The van der Waals surface area contributed by atoms with Gasteiger partial charge in [-0.3, -0.25) is 0 Å². The first-order valence-corrected chi connectivity index (χ1v) is 5.88. The third-order valence-corrected chi connectivity index (χ3v) is 3.15. The summed E-state index contributed by atoms with van der Waals surface area (Å²) in [5, 5.41) is 17.7. The summed E-state index contributed by atoms with van der Waals surface area (Å²) in [6.45, 7) is 1.61. The molecule has 0 aliphatic rings. The van der Waals surface area contributed by atoms with Crippen molar-refractivity contribution in [2.75, 3.05) is 6.26 Å². The van der Waals surface area contributed by atoms with Gasteiger partial charge in [-0.05, 0) is 24.0 Å². The van der Waals surface area contributed by atoms with Crippen molar-refractivity contribution < 1.29 is 18.5 Å². The first-order valence-electron chi connectivity index (χ1n) is 3.99. The molecule has 6 heteroatoms. The molecule has 0 bridgehead atoms. The van der Waals surface area contributed by atoms with E-state index in [4.69, 9.17) is 10.0 Å². The van der Waals surface area contributed by atoms with Gasteiger partial charge >= 0.3 is 7.12 Å². The molecule has 76 valence electrons. The average molecular weight is 214 g/mol. The van der Waals surface area contributed by atoms with Crippen LogP contribution in [0, 0.1) is 6.92 Å². The largest absolute Gasteiger partial charge is 0.488 e. The molecule has 1 rings (SSSR count). The van der Waals surface area contributed by atoms with Crippen LogP contribution in [0.4, 0.5) is 0 Å². The van der Waals surface area contributed by atoms with E-state index < -0.39 is 17.0 Å². The molecule has 4 nitrogen and oxygen atoms in total. The summed E-state index contributed by atoms with van der Waals surface area (Å²) in [5.41, 5.74) is 0.799. The maximum atomic E-state index is 11.2. The van der Waals surface area contributed by atoms with Gasteiger partial charge in [0.05, 0.1) is 4.90 Å². The van der Waals surface area contributed by atoms with Crippen LogP contribution in [-0.4, -0.2) is 31.8 Å². The molecule has 0 unspecified atom stereocenters. The Hall–Kier alpha value is -0.845. The van der Waals surface area contributed by atoms with Crippen molar-refractivity contribution in [3.05, 3.63) is 23.8 Å². The van der Waals surface area contributed by atoms with Crippen LogP contribution in [-0.2, 0) is 9.84 Å². The van der Waals surface area contributed by atoms with Crippen molar-refractivity contribution in [3.63, 3.8) is 0 Å². The molecular formula is C8H11BO4S. The van der Waals surface area contributed by atoms with Crippen LogP contribution in [0.2, 0.25) is 0 Å². The predicted molar refractivity (Wildman–Crippen MR) is 54.1 cm³/mol. The minimum atomic E-state index is -3.24. The fourth-order valence-electron chi connectivity index (χ4n) is 1.25. The average Bonchev–Trinajstić information content (AvgIpc) is 2.01. The summed E-state index contributed by atoms with van der Waals surface area (Å²) in [4.78, 5) is 0.210. The zero-order valence-electron chi connectivity index (χ0n) is 7.93. The fourth-order valence-corrected chi connectivity index (χ4v) is 2.21. The lowest BCUT2D eigenvalue weighted by Crippen LogP contribution is -2.30. The first kappa shape index (κ1) is 11.2. The molecule has 0 radical (unpaired) electrons. The number of rotatable bonds is 2. The maximum Gasteiger partial charge on any atom is 0.488 e. The Morgan fingerprint density at radius 2 is 1.86 bits per heavy atom. The quantitative estimate of drug-likeness (QED) is 0.624. The molecule has 0 amide bonds. The Balaban J connectivity index is 3.28. The van der Waals surface area contributed by atoms with Crippen molar-refractivity contribution in [2.45, 2.75) is 11.8 Å². The van der Waals surface area contributed by atoms with Gasteiger partial charge in [0.25, 0.3) is 0 Å². The van der Waals surface area contributed by atoms with E-state index in [1.165, 1.54) is 18.2 Å². The van der Waals surface area contributed by atoms with Crippen molar-refractivity contribution in [2.24, 2.45) is 0 Å². The van der Waals surface area contributed by atoms with Crippen LogP contribution in [0.25, 0.3) is 0 Å². The Bertz CT molecular complexity index is 439. The van der Waals surface area contributed by atoms with Crippen LogP contribution in [0.1, 0.15) is 5.56 Å². The Kier molecular flexibility index (Phi) is 2.99. The van der Waals surface area contributed by atoms with E-state index >= 15 is 0 Å². The summed E-state index contributed by atoms with van der Waals surface area (Å²) in [5.74, 6) is 0. The zero-order valence-corrected chi connectivity index (χ0v) is 8.75. The van der Waals surface area contributed by atoms with E-state index in [-0.39, 0.29) is 10.4 Å². The lowest BCUT2D eigenvalue weighted by molar-refractivity contribution is 0.425. The highest BCUT2D eigenvalue weighted by Crippen LogP contribution is 2.12. The van der Waals surface area contributed by atoms with Crippen LogP contribution in [0.3, 0.4) is 0 Å². The molecule has 0 aliphatic heterocycles. The SMILES string of the molecule is Cc1cc(B(O)O)ccc1S(C)(=O)=O. The van der Waals surface area contributed by atoms with E-state index in [2.05, 4.69) is 0 Å². The molecule has 0 saturated carbocycles. The normalized spacial score (nSPS) is 11.4. The van der Waals surface area contributed by atoms with Gasteiger partial charge in [0.15, 0.2) is 9.84 Å². The molecule has 0 fully saturated rings. The molecule has 14 heavy (non-hydrogen) atoms. The van der Waals surface area contributed by atoms with Crippen molar-refractivity contribution in [3.8, 4) is 0 Å². The molecule has 0 saturated heterocycles. The molecule has 0 aliphatic carbocycles. The summed E-state index contributed by atoms with van der Waals surface area (Å²) in [7, 11) is -4.81. The monoisotopic (exact) mass is 214 g/mol. The third-order valence-electron chi connectivity index (χ3n) is 1.90. The van der Waals surface area contributed by atoms with Gasteiger partial charge in [0.1, 0.15) is 0 Å². The molecule has 2 N–H and O–H groups in total. The number of benzene rings is 1. The molecule has 0 aromatic heterocycles. The minimum absolute atomic E-state index is 0.210. The molecule has 0 atom stereocenters. The van der Waals surface area contributed by atoms with Crippen LogP contribution in [0.5, 0.6) is 0 Å². The highest BCUT2D eigenvalue weighted by atomic mass is 32.2. The lowest BCUT2D eigenvalue weighted by atomic mass is 9.80. The minimum Gasteiger partial charge on any atom is -0.423 e. The summed E-state index contributed by atoms with van der Waals surface area (Å²) in [6, 6.07) is 4.20. The second-order valence-corrected chi connectivity index (χ2v) is 5.15. The van der Waals surface area contributed by atoms with Gasteiger partial charge in [-0.1, -0.05) is 12.1 Å². The molecule has 0 spiro atoms. The van der Waals surface area contributed by atoms with Gasteiger partial charge in [-0.2, -0.15) is 0 Å². The topological polar surface area (TPSA) is 74.6 Å². The highest BCUT2D eigenvalue weighted by molar-refractivity contribution is 7.90. The van der Waals surface area contributed by atoms with Gasteiger partial charge in [0.2, 0.25) is 0 Å². The third kappa shape index (κ3) is 2.34. The number of hydrogen-bond acceptors (Lipinski definition) is 4. The van der Waals surface area contributed by atoms with Crippen LogP contribution >= 0.6 is 0 Å². The van der Waals surface area contributed by atoms with E-state index in [9.17, 15) is 8.42 Å². The smallest absolute Gasteiger partial charge is 0.423 e. The van der Waals surface area contributed by atoms with Gasteiger partial charge < -0.3 is 10.0 Å². The molecule has 1 aromatic carbocycles. The van der Waals surface area contributed by atoms with Crippen LogP contribution < -0.4 is 5.46 Å². The predicted octanol–water partition coefficient (Wildman–Crippen LogP) is -0.922. The Morgan fingerprint density at radius 3 is 2.21 bits per heavy atom. The van der Waals surface area contributed by atoms with Crippen LogP contribution in [0.15, 0.2) is 23.1 Å². The van der Waals surface area contributed by atoms with E-state index in [0.29, 0.717) is 5.56 Å². The summed E-state index contributed by atoms with van der Waals surface area (Å²) in [6.07, 6.45) is 1.12. The van der Waals surface area contributed by atoms with Crippen molar-refractivity contribution >= 4 is 22.4 Å². The molecular weight excluding hydrogens is 203 g/mol. The molecule has 0 heterocycles. The zero-order chi connectivity index (χ0) is 10.9. The Morgan fingerprint density at radius 1 is 1.29 bits per heavy atom. The van der Waals surface area contributed by atoms with Gasteiger partial charge in [-0.25, -0.2) is 8.42 Å². The number of hydrogen-bond donors (Lipinski definition) is 2.